The van der Waals surface area contributed by atoms with Gasteiger partial charge in [-0.1, -0.05) is 23.2 Å². The van der Waals surface area contributed by atoms with Gasteiger partial charge in [-0.3, -0.25) is 9.59 Å². The Balaban J connectivity index is 2.73. The van der Waals surface area contributed by atoms with E-state index >= 15 is 0 Å². The van der Waals surface area contributed by atoms with Crippen LogP contribution in [0, 0.1) is 0 Å². The Morgan fingerprint density at radius 1 is 1.21 bits per heavy atom. The third kappa shape index (κ3) is 2.22. The first-order chi connectivity index (χ1) is 8.84. The number of hydrogen-bond donors (Lipinski definition) is 0. The minimum atomic E-state index is -0.636. The molecule has 0 saturated heterocycles. The second kappa shape index (κ2) is 4.87. The number of amides is 1. The highest BCUT2D eigenvalue weighted by molar-refractivity contribution is 6.49. The van der Waals surface area contributed by atoms with Gasteiger partial charge in [0.25, 0.3) is 11.7 Å². The molecule has 2 aromatic rings. The fourth-order valence-corrected chi connectivity index (χ4v) is 2.36. The van der Waals surface area contributed by atoms with Gasteiger partial charge >= 0.3 is 0 Å². The molecular formula is C13H12Cl2N2O2. The van der Waals surface area contributed by atoms with E-state index in [-0.39, 0.29) is 10.7 Å². The number of benzene rings is 1. The molecule has 100 valence electrons. The quantitative estimate of drug-likeness (QED) is 0.632. The third-order valence-corrected chi connectivity index (χ3v) is 3.60. The van der Waals surface area contributed by atoms with E-state index in [0.717, 1.165) is 5.52 Å². The van der Waals surface area contributed by atoms with Crippen molar-refractivity contribution in [3.05, 3.63) is 33.9 Å². The number of aryl methyl sites for hydroxylation is 1. The molecule has 0 radical (unpaired) electrons. The number of rotatable bonds is 2. The number of Topliss-reactive ketones (excluding diaryl/α,β-unsaturated/α-hetero) is 1. The minimum absolute atomic E-state index is 0.195. The van der Waals surface area contributed by atoms with Gasteiger partial charge in [-0.05, 0) is 18.2 Å². The van der Waals surface area contributed by atoms with Crippen LogP contribution in [0.2, 0.25) is 10.2 Å². The van der Waals surface area contributed by atoms with Gasteiger partial charge in [0.1, 0.15) is 5.15 Å². The summed E-state index contributed by atoms with van der Waals surface area (Å²) < 4.78 is 1.66. The monoisotopic (exact) mass is 298 g/mol. The highest BCUT2D eigenvalue weighted by Crippen LogP contribution is 2.31. The predicted molar refractivity (Wildman–Crippen MR) is 76.0 cm³/mol. The zero-order valence-electron chi connectivity index (χ0n) is 10.7. The molecule has 0 saturated carbocycles. The molecule has 4 nitrogen and oxygen atoms in total. The zero-order valence-corrected chi connectivity index (χ0v) is 12.2. The topological polar surface area (TPSA) is 42.3 Å². The molecule has 0 unspecified atom stereocenters. The van der Waals surface area contributed by atoms with E-state index in [0.29, 0.717) is 10.4 Å². The lowest BCUT2D eigenvalue weighted by molar-refractivity contribution is -0.124. The average molecular weight is 299 g/mol. The number of halogens is 2. The maximum absolute atomic E-state index is 12.2. The molecule has 1 aromatic heterocycles. The first-order valence-electron chi connectivity index (χ1n) is 5.54. The number of aromatic nitrogens is 1. The summed E-state index contributed by atoms with van der Waals surface area (Å²) >= 11 is 12.1. The van der Waals surface area contributed by atoms with Crippen LogP contribution in [-0.4, -0.2) is 35.3 Å². The van der Waals surface area contributed by atoms with Crippen molar-refractivity contribution in [3.63, 3.8) is 0 Å². The number of carbonyl (C=O) groups excluding carboxylic acids is 2. The summed E-state index contributed by atoms with van der Waals surface area (Å²) in [5.41, 5.74) is 0.949. The van der Waals surface area contributed by atoms with Gasteiger partial charge in [0.05, 0.1) is 5.56 Å². The highest BCUT2D eigenvalue weighted by atomic mass is 35.5. The zero-order chi connectivity index (χ0) is 14.3. The number of nitrogens with zero attached hydrogens (tertiary/aromatic N) is 2. The van der Waals surface area contributed by atoms with Crippen molar-refractivity contribution in [2.75, 3.05) is 14.1 Å². The third-order valence-electron chi connectivity index (χ3n) is 2.92. The van der Waals surface area contributed by atoms with Crippen molar-refractivity contribution < 1.29 is 9.59 Å². The molecule has 0 spiro atoms. The van der Waals surface area contributed by atoms with Crippen LogP contribution in [0.15, 0.2) is 18.2 Å². The lowest BCUT2D eigenvalue weighted by Crippen LogP contribution is -2.30. The Hall–Kier alpha value is -1.52. The Morgan fingerprint density at radius 2 is 1.84 bits per heavy atom. The summed E-state index contributed by atoms with van der Waals surface area (Å²) in [4.78, 5) is 25.2. The summed E-state index contributed by atoms with van der Waals surface area (Å²) in [5.74, 6) is -1.25. The fraction of sp³-hybridized carbons (Fsp3) is 0.231. The lowest BCUT2D eigenvalue weighted by Gasteiger charge is -2.08. The van der Waals surface area contributed by atoms with Gasteiger partial charge in [0.2, 0.25) is 0 Å². The van der Waals surface area contributed by atoms with Crippen molar-refractivity contribution >= 4 is 45.8 Å². The van der Waals surface area contributed by atoms with Crippen LogP contribution >= 0.6 is 23.2 Å². The Bertz CT molecular complexity index is 689. The smallest absolute Gasteiger partial charge is 0.294 e. The first-order valence-corrected chi connectivity index (χ1v) is 6.29. The van der Waals surface area contributed by atoms with Crippen LogP contribution in [0.5, 0.6) is 0 Å². The highest BCUT2D eigenvalue weighted by Gasteiger charge is 2.26. The summed E-state index contributed by atoms with van der Waals surface area (Å²) in [7, 11) is 4.77. The molecule has 1 aromatic carbocycles. The van der Waals surface area contributed by atoms with Crippen LogP contribution < -0.4 is 0 Å². The molecule has 1 heterocycles. The van der Waals surface area contributed by atoms with Gasteiger partial charge in [-0.15, -0.1) is 0 Å². The van der Waals surface area contributed by atoms with Gasteiger partial charge in [-0.25, -0.2) is 0 Å². The number of ketones is 1. The molecule has 19 heavy (non-hydrogen) atoms. The summed E-state index contributed by atoms with van der Waals surface area (Å²) in [6, 6.07) is 5.11. The average Bonchev–Trinajstić information content (AvgIpc) is 2.59. The van der Waals surface area contributed by atoms with E-state index in [2.05, 4.69) is 0 Å². The van der Waals surface area contributed by atoms with Gasteiger partial charge < -0.3 is 9.47 Å². The van der Waals surface area contributed by atoms with Crippen molar-refractivity contribution in [1.29, 1.82) is 0 Å². The normalized spacial score (nSPS) is 10.8. The SMILES string of the molecule is CN(C)C(=O)C(=O)c1c(Cl)n(C)c2ccc(Cl)cc12. The lowest BCUT2D eigenvalue weighted by atomic mass is 10.1. The van der Waals surface area contributed by atoms with E-state index in [4.69, 9.17) is 23.2 Å². The van der Waals surface area contributed by atoms with Gasteiger partial charge in [0, 0.05) is 37.1 Å². The largest absolute Gasteiger partial charge is 0.342 e. The summed E-state index contributed by atoms with van der Waals surface area (Å²) in [5, 5.41) is 1.30. The second-order valence-electron chi connectivity index (χ2n) is 4.42. The van der Waals surface area contributed by atoms with E-state index in [1.165, 1.54) is 19.0 Å². The van der Waals surface area contributed by atoms with Crippen LogP contribution in [0.1, 0.15) is 10.4 Å². The molecular weight excluding hydrogens is 287 g/mol. The van der Waals surface area contributed by atoms with Crippen LogP contribution in [0.25, 0.3) is 10.9 Å². The number of hydrogen-bond acceptors (Lipinski definition) is 2. The van der Waals surface area contributed by atoms with Crippen LogP contribution in [0.3, 0.4) is 0 Å². The van der Waals surface area contributed by atoms with Crippen molar-refractivity contribution in [2.24, 2.45) is 7.05 Å². The Kier molecular flexibility index (Phi) is 3.56. The van der Waals surface area contributed by atoms with Crippen molar-refractivity contribution in [3.8, 4) is 0 Å². The number of likely N-dealkylation sites (N-methyl/N-ethyl adjacent to an activating group) is 1. The summed E-state index contributed by atoms with van der Waals surface area (Å²) in [6.45, 7) is 0. The molecule has 0 bridgehead atoms. The molecule has 2 rings (SSSR count). The molecule has 0 atom stereocenters. The first kappa shape index (κ1) is 13.9. The van der Waals surface area contributed by atoms with Crippen LogP contribution in [0.4, 0.5) is 0 Å². The van der Waals surface area contributed by atoms with Crippen molar-refractivity contribution in [2.45, 2.75) is 0 Å². The number of fused-ring (bicyclic) bond motifs is 1. The van der Waals surface area contributed by atoms with E-state index in [1.807, 2.05) is 0 Å². The second-order valence-corrected chi connectivity index (χ2v) is 5.21. The number of carbonyl (C=O) groups is 2. The molecule has 0 aliphatic carbocycles. The molecule has 0 fully saturated rings. The molecule has 0 aliphatic rings. The standard InChI is InChI=1S/C13H12Cl2N2O2/c1-16(2)13(19)11(18)10-8-6-7(14)4-5-9(8)17(3)12(10)15/h4-6H,1-3H3. The van der Waals surface area contributed by atoms with Crippen molar-refractivity contribution in [1.82, 2.24) is 9.47 Å². The summed E-state index contributed by atoms with van der Waals surface area (Å²) in [6.07, 6.45) is 0. The Morgan fingerprint density at radius 3 is 2.42 bits per heavy atom. The Labute approximate surface area is 120 Å². The van der Waals surface area contributed by atoms with E-state index < -0.39 is 11.7 Å². The maximum atomic E-state index is 12.2. The van der Waals surface area contributed by atoms with Gasteiger partial charge in [0.15, 0.2) is 0 Å². The predicted octanol–water partition coefficient (Wildman–Crippen LogP) is 2.76. The van der Waals surface area contributed by atoms with Gasteiger partial charge in [-0.2, -0.15) is 0 Å². The molecule has 6 heteroatoms. The van der Waals surface area contributed by atoms with E-state index in [9.17, 15) is 9.59 Å². The maximum Gasteiger partial charge on any atom is 0.294 e. The molecule has 0 N–H and O–H groups in total. The fourth-order valence-electron chi connectivity index (χ4n) is 1.91. The molecule has 0 aliphatic heterocycles. The molecule has 1 amide bonds. The minimum Gasteiger partial charge on any atom is -0.342 e. The van der Waals surface area contributed by atoms with E-state index in [1.54, 1.807) is 29.8 Å². The van der Waals surface area contributed by atoms with Crippen LogP contribution in [-0.2, 0) is 11.8 Å².